The first kappa shape index (κ1) is 13.6. The number of phenolic OH excluding ortho intramolecular Hbond substituents is 1. The van der Waals surface area contributed by atoms with Crippen molar-refractivity contribution in [2.75, 3.05) is 5.32 Å². The van der Waals surface area contributed by atoms with Gasteiger partial charge >= 0.3 is 7.60 Å². The number of nitrogens with one attached hydrogen (secondary N) is 1. The molecular weight excluding hydrogens is 265 g/mol. The van der Waals surface area contributed by atoms with Crippen molar-refractivity contribution in [3.63, 3.8) is 0 Å². The van der Waals surface area contributed by atoms with Crippen LogP contribution in [0.1, 0.15) is 11.3 Å². The summed E-state index contributed by atoms with van der Waals surface area (Å²) in [6.45, 7) is 0. The normalized spacial score (nSPS) is 12.9. The summed E-state index contributed by atoms with van der Waals surface area (Å²) in [6.07, 6.45) is 0. The van der Waals surface area contributed by atoms with Crippen molar-refractivity contribution in [1.29, 1.82) is 0 Å². The molecule has 1 unspecified atom stereocenters. The Morgan fingerprint density at radius 1 is 0.947 bits per heavy atom. The molecular formula is C13H14NO4P. The summed E-state index contributed by atoms with van der Waals surface area (Å²) in [5.74, 6) is -1.43. The first-order valence-electron chi connectivity index (χ1n) is 5.63. The van der Waals surface area contributed by atoms with Crippen LogP contribution in [0.5, 0.6) is 5.75 Å². The molecule has 0 heterocycles. The molecule has 2 rings (SSSR count). The minimum atomic E-state index is -4.46. The molecule has 6 heteroatoms. The minimum Gasteiger partial charge on any atom is -0.508 e. The maximum atomic E-state index is 11.6. The molecule has 0 fully saturated rings. The number of para-hydroxylation sites is 2. The zero-order valence-electron chi connectivity index (χ0n) is 9.97. The average molecular weight is 279 g/mol. The molecule has 0 aliphatic heterocycles. The summed E-state index contributed by atoms with van der Waals surface area (Å²) < 4.78 is 11.6. The van der Waals surface area contributed by atoms with E-state index in [1.54, 1.807) is 42.5 Å². The van der Waals surface area contributed by atoms with Crippen LogP contribution in [0.2, 0.25) is 0 Å². The molecule has 0 aliphatic carbocycles. The highest BCUT2D eigenvalue weighted by Gasteiger charge is 2.32. The average Bonchev–Trinajstić information content (AvgIpc) is 2.37. The second-order valence-corrected chi connectivity index (χ2v) is 5.76. The van der Waals surface area contributed by atoms with Crippen molar-refractivity contribution in [3.05, 3.63) is 60.2 Å². The smallest absolute Gasteiger partial charge is 0.352 e. The van der Waals surface area contributed by atoms with E-state index in [1.807, 2.05) is 0 Å². The van der Waals surface area contributed by atoms with Gasteiger partial charge < -0.3 is 20.2 Å². The maximum Gasteiger partial charge on any atom is 0.352 e. The molecule has 0 spiro atoms. The number of hydrogen-bond acceptors (Lipinski definition) is 3. The van der Waals surface area contributed by atoms with E-state index in [2.05, 4.69) is 5.32 Å². The Balaban J connectivity index is 2.38. The first-order valence-corrected chi connectivity index (χ1v) is 7.31. The van der Waals surface area contributed by atoms with Crippen LogP contribution in [-0.2, 0) is 4.57 Å². The number of anilines is 1. The van der Waals surface area contributed by atoms with Crippen molar-refractivity contribution in [1.82, 2.24) is 0 Å². The Hall–Kier alpha value is -1.81. The number of phenols is 1. The molecule has 0 aliphatic rings. The van der Waals surface area contributed by atoms with Gasteiger partial charge in [0.15, 0.2) is 5.78 Å². The van der Waals surface area contributed by atoms with Gasteiger partial charge in [0.2, 0.25) is 0 Å². The second-order valence-electron chi connectivity index (χ2n) is 4.06. The highest BCUT2D eigenvalue weighted by atomic mass is 31.2. The minimum absolute atomic E-state index is 0.153. The first-order chi connectivity index (χ1) is 8.98. The fourth-order valence-corrected chi connectivity index (χ4v) is 2.65. The molecule has 0 aromatic heterocycles. The molecule has 0 saturated carbocycles. The third-order valence-corrected chi connectivity index (χ3v) is 3.72. The molecule has 2 aromatic rings. The van der Waals surface area contributed by atoms with E-state index in [0.29, 0.717) is 5.69 Å². The predicted octanol–water partition coefficient (Wildman–Crippen LogP) is 2.68. The highest BCUT2D eigenvalue weighted by molar-refractivity contribution is 7.52. The Kier molecular flexibility index (Phi) is 3.90. The largest absolute Gasteiger partial charge is 0.508 e. The predicted molar refractivity (Wildman–Crippen MR) is 73.0 cm³/mol. The van der Waals surface area contributed by atoms with E-state index >= 15 is 0 Å². The standard InChI is InChI=1S/C13H14NO4P/c15-12-9-5-4-8-11(12)13(19(16,17)18)14-10-6-2-1-3-7-10/h1-9,13-15H,(H2,16,17,18). The molecule has 2 aromatic carbocycles. The van der Waals surface area contributed by atoms with Gasteiger partial charge in [-0.25, -0.2) is 0 Å². The summed E-state index contributed by atoms with van der Waals surface area (Å²) in [6, 6.07) is 14.8. The van der Waals surface area contributed by atoms with Gasteiger partial charge in [0, 0.05) is 11.3 Å². The molecule has 1 atom stereocenters. The lowest BCUT2D eigenvalue weighted by atomic mass is 10.2. The van der Waals surface area contributed by atoms with Crippen LogP contribution in [-0.4, -0.2) is 14.9 Å². The molecule has 19 heavy (non-hydrogen) atoms. The van der Waals surface area contributed by atoms with Crippen LogP contribution < -0.4 is 5.32 Å². The summed E-state index contributed by atoms with van der Waals surface area (Å²) in [5.41, 5.74) is 0.735. The van der Waals surface area contributed by atoms with E-state index in [-0.39, 0.29) is 11.3 Å². The van der Waals surface area contributed by atoms with Crippen molar-refractivity contribution in [2.24, 2.45) is 0 Å². The van der Waals surface area contributed by atoms with Crippen LogP contribution in [0.4, 0.5) is 5.69 Å². The third-order valence-electron chi connectivity index (χ3n) is 2.64. The number of rotatable bonds is 4. The van der Waals surface area contributed by atoms with Gasteiger partial charge in [-0.2, -0.15) is 0 Å². The highest BCUT2D eigenvalue weighted by Crippen LogP contribution is 2.53. The zero-order chi connectivity index (χ0) is 13.9. The maximum absolute atomic E-state index is 11.6. The van der Waals surface area contributed by atoms with Gasteiger partial charge in [0.1, 0.15) is 5.75 Å². The van der Waals surface area contributed by atoms with Gasteiger partial charge in [0.05, 0.1) is 0 Å². The lowest BCUT2D eigenvalue weighted by Crippen LogP contribution is -2.11. The molecule has 100 valence electrons. The van der Waals surface area contributed by atoms with Crippen LogP contribution in [0.15, 0.2) is 54.6 Å². The Labute approximate surface area is 110 Å². The summed E-state index contributed by atoms with van der Waals surface area (Å²) in [7, 11) is -4.46. The Morgan fingerprint density at radius 3 is 2.11 bits per heavy atom. The number of benzene rings is 2. The Morgan fingerprint density at radius 2 is 1.53 bits per heavy atom. The molecule has 0 amide bonds. The summed E-state index contributed by atoms with van der Waals surface area (Å²) in [4.78, 5) is 18.9. The van der Waals surface area contributed by atoms with Crippen LogP contribution in [0.25, 0.3) is 0 Å². The van der Waals surface area contributed by atoms with Crippen molar-refractivity contribution in [2.45, 2.75) is 5.78 Å². The third kappa shape index (κ3) is 3.35. The van der Waals surface area contributed by atoms with Crippen LogP contribution >= 0.6 is 7.60 Å². The molecule has 5 nitrogen and oxygen atoms in total. The van der Waals surface area contributed by atoms with Crippen molar-refractivity contribution < 1.29 is 19.5 Å². The SMILES string of the molecule is O=P(O)(O)C(Nc1ccccc1)c1ccccc1O. The summed E-state index contributed by atoms with van der Waals surface area (Å²) >= 11 is 0. The van der Waals surface area contributed by atoms with Crippen LogP contribution in [0, 0.1) is 0 Å². The molecule has 0 radical (unpaired) electrons. The fraction of sp³-hybridized carbons (Fsp3) is 0.0769. The fourth-order valence-electron chi connectivity index (χ4n) is 1.75. The van der Waals surface area contributed by atoms with E-state index < -0.39 is 13.4 Å². The van der Waals surface area contributed by atoms with Crippen LogP contribution in [0.3, 0.4) is 0 Å². The van der Waals surface area contributed by atoms with Gasteiger partial charge in [-0.3, -0.25) is 4.57 Å². The lowest BCUT2D eigenvalue weighted by Gasteiger charge is -2.22. The summed E-state index contributed by atoms with van der Waals surface area (Å²) in [5, 5.41) is 12.5. The lowest BCUT2D eigenvalue weighted by molar-refractivity contribution is 0.360. The number of hydrogen-bond donors (Lipinski definition) is 4. The van der Waals surface area contributed by atoms with E-state index in [0.717, 1.165) is 0 Å². The topological polar surface area (TPSA) is 89.8 Å². The zero-order valence-corrected chi connectivity index (χ0v) is 10.9. The quantitative estimate of drug-likeness (QED) is 0.646. The van der Waals surface area contributed by atoms with E-state index in [4.69, 9.17) is 0 Å². The van der Waals surface area contributed by atoms with E-state index in [9.17, 15) is 19.5 Å². The monoisotopic (exact) mass is 279 g/mol. The number of aromatic hydroxyl groups is 1. The molecule has 0 bridgehead atoms. The Bertz CT molecular complexity index is 597. The molecule has 0 saturated heterocycles. The van der Waals surface area contributed by atoms with Gasteiger partial charge in [-0.15, -0.1) is 0 Å². The van der Waals surface area contributed by atoms with Gasteiger partial charge in [-0.05, 0) is 18.2 Å². The van der Waals surface area contributed by atoms with Crippen molar-refractivity contribution >= 4 is 13.3 Å². The van der Waals surface area contributed by atoms with Gasteiger partial charge in [0.25, 0.3) is 0 Å². The van der Waals surface area contributed by atoms with E-state index in [1.165, 1.54) is 12.1 Å². The second kappa shape index (κ2) is 5.45. The van der Waals surface area contributed by atoms with Crippen molar-refractivity contribution in [3.8, 4) is 5.75 Å². The molecule has 4 N–H and O–H groups in total. The van der Waals surface area contributed by atoms with Gasteiger partial charge in [-0.1, -0.05) is 36.4 Å².